The van der Waals surface area contributed by atoms with Gasteiger partial charge in [-0.3, -0.25) is 9.59 Å². The third-order valence-corrected chi connectivity index (χ3v) is 2.40. The largest absolute Gasteiger partial charge is 0.481 e. The number of carbonyl (C=O) groups excluding carboxylic acids is 1. The number of nitrogens with zero attached hydrogens (tertiary/aromatic N) is 2. The van der Waals surface area contributed by atoms with Crippen LogP contribution < -0.4 is 5.32 Å². The van der Waals surface area contributed by atoms with Crippen LogP contribution in [0.5, 0.6) is 0 Å². The van der Waals surface area contributed by atoms with Crippen molar-refractivity contribution < 1.29 is 14.7 Å². The number of aromatic nitrogens is 1. The second-order valence-corrected chi connectivity index (χ2v) is 4.36. The van der Waals surface area contributed by atoms with Crippen LogP contribution in [0.15, 0.2) is 5.38 Å². The van der Waals surface area contributed by atoms with Crippen LogP contribution in [0, 0.1) is 0 Å². The van der Waals surface area contributed by atoms with Gasteiger partial charge >= 0.3 is 5.97 Å². The molecular weight excluding hydrogens is 230 g/mol. The molecule has 0 aromatic carbocycles. The van der Waals surface area contributed by atoms with Crippen molar-refractivity contribution in [2.45, 2.75) is 6.42 Å². The molecule has 1 heterocycles. The van der Waals surface area contributed by atoms with E-state index in [2.05, 4.69) is 10.3 Å². The lowest BCUT2D eigenvalue weighted by Gasteiger charge is -2.07. The molecule has 1 rings (SSSR count). The summed E-state index contributed by atoms with van der Waals surface area (Å²) in [6.45, 7) is 0.272. The topological polar surface area (TPSA) is 82.5 Å². The number of rotatable bonds is 5. The molecule has 0 aliphatic heterocycles. The van der Waals surface area contributed by atoms with Gasteiger partial charge in [-0.05, 0) is 14.1 Å². The first-order valence-corrected chi connectivity index (χ1v) is 5.46. The minimum Gasteiger partial charge on any atom is -0.481 e. The van der Waals surface area contributed by atoms with E-state index in [1.807, 2.05) is 0 Å². The summed E-state index contributed by atoms with van der Waals surface area (Å²) in [5.74, 6) is -1.10. The smallest absolute Gasteiger partial charge is 0.309 e. The summed E-state index contributed by atoms with van der Waals surface area (Å²) in [5, 5.41) is 13.2. The number of carboxylic acid groups (broad SMARTS) is 1. The molecule has 0 saturated heterocycles. The summed E-state index contributed by atoms with van der Waals surface area (Å²) < 4.78 is 0. The Labute approximate surface area is 96.9 Å². The maximum atomic E-state index is 11.4. The summed E-state index contributed by atoms with van der Waals surface area (Å²) in [4.78, 5) is 27.5. The van der Waals surface area contributed by atoms with Gasteiger partial charge in [-0.1, -0.05) is 0 Å². The number of anilines is 1. The summed E-state index contributed by atoms with van der Waals surface area (Å²) in [6.07, 6.45) is -0.125. The van der Waals surface area contributed by atoms with Crippen molar-refractivity contribution >= 4 is 28.3 Å². The number of hydrogen-bond donors (Lipinski definition) is 2. The first-order valence-electron chi connectivity index (χ1n) is 4.58. The van der Waals surface area contributed by atoms with Crippen molar-refractivity contribution in [3.05, 3.63) is 11.1 Å². The molecule has 0 fully saturated rings. The Hall–Kier alpha value is -1.47. The van der Waals surface area contributed by atoms with Crippen LogP contribution in [-0.4, -0.2) is 47.5 Å². The van der Waals surface area contributed by atoms with E-state index in [1.54, 1.807) is 24.4 Å². The Morgan fingerprint density at radius 2 is 2.25 bits per heavy atom. The monoisotopic (exact) mass is 243 g/mol. The van der Waals surface area contributed by atoms with E-state index in [0.29, 0.717) is 10.8 Å². The lowest BCUT2D eigenvalue weighted by molar-refractivity contribution is -0.136. The first kappa shape index (κ1) is 12.6. The molecule has 7 heteroatoms. The number of carbonyl (C=O) groups is 2. The van der Waals surface area contributed by atoms with Gasteiger partial charge in [-0.25, -0.2) is 4.98 Å². The van der Waals surface area contributed by atoms with Crippen molar-refractivity contribution in [3.63, 3.8) is 0 Å². The normalized spacial score (nSPS) is 10.4. The van der Waals surface area contributed by atoms with Crippen molar-refractivity contribution in [1.82, 2.24) is 9.88 Å². The summed E-state index contributed by atoms with van der Waals surface area (Å²) in [7, 11) is 3.58. The van der Waals surface area contributed by atoms with Gasteiger partial charge in [0, 0.05) is 5.38 Å². The van der Waals surface area contributed by atoms with E-state index in [9.17, 15) is 9.59 Å². The van der Waals surface area contributed by atoms with E-state index in [4.69, 9.17) is 5.11 Å². The molecule has 16 heavy (non-hydrogen) atoms. The van der Waals surface area contributed by atoms with Crippen LogP contribution in [-0.2, 0) is 16.0 Å². The highest BCUT2D eigenvalue weighted by Gasteiger charge is 2.09. The maximum Gasteiger partial charge on any atom is 0.309 e. The third-order valence-electron chi connectivity index (χ3n) is 1.59. The van der Waals surface area contributed by atoms with Crippen molar-refractivity contribution in [2.24, 2.45) is 0 Å². The second-order valence-electron chi connectivity index (χ2n) is 3.50. The number of amides is 1. The van der Waals surface area contributed by atoms with Gasteiger partial charge in [0.1, 0.15) is 0 Å². The molecule has 0 aliphatic carbocycles. The van der Waals surface area contributed by atoms with Crippen molar-refractivity contribution in [2.75, 3.05) is 26.0 Å². The van der Waals surface area contributed by atoms with Crippen molar-refractivity contribution in [3.8, 4) is 0 Å². The van der Waals surface area contributed by atoms with Gasteiger partial charge in [-0.2, -0.15) is 0 Å². The predicted octanol–water partition coefficient (Wildman–Crippen LogP) is 0.270. The Morgan fingerprint density at radius 1 is 1.56 bits per heavy atom. The predicted molar refractivity (Wildman–Crippen MR) is 60.6 cm³/mol. The Morgan fingerprint density at radius 3 is 2.81 bits per heavy atom. The van der Waals surface area contributed by atoms with Crippen LogP contribution in [0.1, 0.15) is 5.69 Å². The Bertz CT molecular complexity index is 389. The third kappa shape index (κ3) is 4.37. The van der Waals surface area contributed by atoms with Gasteiger partial charge in [0.25, 0.3) is 0 Å². The standard InChI is InChI=1S/C9H13N3O3S/c1-12(2)4-7(13)11-9-10-6(5-16-9)3-8(14)15/h5H,3-4H2,1-2H3,(H,14,15)(H,10,11,13). The number of thiazole rings is 1. The average Bonchev–Trinajstić information content (AvgIpc) is 2.49. The van der Waals surface area contributed by atoms with Gasteiger partial charge in [0.2, 0.25) is 5.91 Å². The molecule has 0 saturated carbocycles. The Balaban J connectivity index is 2.51. The number of likely N-dealkylation sites (N-methyl/N-ethyl adjacent to an activating group) is 1. The molecule has 1 amide bonds. The zero-order valence-electron chi connectivity index (χ0n) is 9.06. The number of hydrogen-bond acceptors (Lipinski definition) is 5. The molecule has 6 nitrogen and oxygen atoms in total. The minimum absolute atomic E-state index is 0.125. The molecular formula is C9H13N3O3S. The number of carboxylic acids is 1. The lowest BCUT2D eigenvalue weighted by Crippen LogP contribution is -2.27. The summed E-state index contributed by atoms with van der Waals surface area (Å²) in [5.41, 5.74) is 0.456. The van der Waals surface area contributed by atoms with E-state index < -0.39 is 5.97 Å². The highest BCUT2D eigenvalue weighted by molar-refractivity contribution is 7.13. The zero-order valence-corrected chi connectivity index (χ0v) is 9.87. The van der Waals surface area contributed by atoms with Crippen LogP contribution in [0.25, 0.3) is 0 Å². The fourth-order valence-corrected chi connectivity index (χ4v) is 1.77. The molecule has 0 spiro atoms. The molecule has 1 aromatic rings. The summed E-state index contributed by atoms with van der Waals surface area (Å²) >= 11 is 1.22. The maximum absolute atomic E-state index is 11.4. The minimum atomic E-state index is -0.934. The fourth-order valence-electron chi connectivity index (χ4n) is 1.05. The van der Waals surface area contributed by atoms with E-state index in [0.717, 1.165) is 0 Å². The molecule has 1 aromatic heterocycles. The first-order chi connectivity index (χ1) is 7.47. The average molecular weight is 243 g/mol. The Kier molecular flexibility index (Phi) is 4.39. The van der Waals surface area contributed by atoms with Crippen LogP contribution >= 0.6 is 11.3 Å². The molecule has 0 aliphatic rings. The van der Waals surface area contributed by atoms with E-state index >= 15 is 0 Å². The van der Waals surface area contributed by atoms with Crippen LogP contribution in [0.4, 0.5) is 5.13 Å². The fraction of sp³-hybridized carbons (Fsp3) is 0.444. The highest BCUT2D eigenvalue weighted by atomic mass is 32.1. The van der Waals surface area contributed by atoms with Gasteiger partial charge in [-0.15, -0.1) is 11.3 Å². The summed E-state index contributed by atoms with van der Waals surface area (Å²) in [6, 6.07) is 0. The quantitative estimate of drug-likeness (QED) is 0.775. The van der Waals surface area contributed by atoms with E-state index in [1.165, 1.54) is 11.3 Å². The van der Waals surface area contributed by atoms with Crippen LogP contribution in [0.2, 0.25) is 0 Å². The molecule has 0 atom stereocenters. The lowest BCUT2D eigenvalue weighted by atomic mass is 10.3. The number of aliphatic carboxylic acids is 1. The zero-order chi connectivity index (χ0) is 12.1. The molecule has 88 valence electrons. The van der Waals surface area contributed by atoms with Gasteiger partial charge < -0.3 is 15.3 Å². The van der Waals surface area contributed by atoms with Gasteiger partial charge in [0.15, 0.2) is 5.13 Å². The SMILES string of the molecule is CN(C)CC(=O)Nc1nc(CC(=O)O)cs1. The van der Waals surface area contributed by atoms with E-state index in [-0.39, 0.29) is 18.9 Å². The molecule has 2 N–H and O–H groups in total. The molecule has 0 radical (unpaired) electrons. The molecule has 0 bridgehead atoms. The highest BCUT2D eigenvalue weighted by Crippen LogP contribution is 2.15. The van der Waals surface area contributed by atoms with Crippen LogP contribution in [0.3, 0.4) is 0 Å². The molecule has 0 unspecified atom stereocenters. The van der Waals surface area contributed by atoms with Crippen molar-refractivity contribution in [1.29, 1.82) is 0 Å². The van der Waals surface area contributed by atoms with Gasteiger partial charge in [0.05, 0.1) is 18.7 Å². The second kappa shape index (κ2) is 5.57. The number of nitrogens with one attached hydrogen (secondary N) is 1.